The Labute approximate surface area is 202 Å². The molecule has 4 aromatic rings. The Morgan fingerprint density at radius 3 is 2.56 bits per heavy atom. The highest BCUT2D eigenvalue weighted by Gasteiger charge is 2.26. The molecular weight excluding hydrogens is 448 g/mol. The number of carbonyl (C=O) groups is 2. The maximum absolute atomic E-state index is 13.5. The molecule has 1 aliphatic rings. The molecule has 1 N–H and O–H groups in total. The molecular formula is C27H23ClN4O2. The number of benzene rings is 3. The van der Waals surface area contributed by atoms with Crippen molar-refractivity contribution in [2.24, 2.45) is 7.05 Å². The first-order valence-electron chi connectivity index (χ1n) is 11.0. The summed E-state index contributed by atoms with van der Waals surface area (Å²) in [6.45, 7) is 2.40. The summed E-state index contributed by atoms with van der Waals surface area (Å²) in [5, 5.41) is 8.10. The molecule has 0 saturated carbocycles. The van der Waals surface area contributed by atoms with Gasteiger partial charge < -0.3 is 10.2 Å². The van der Waals surface area contributed by atoms with Crippen LogP contribution in [0.2, 0.25) is 5.02 Å². The third-order valence-corrected chi connectivity index (χ3v) is 6.26. The van der Waals surface area contributed by atoms with Gasteiger partial charge in [0.05, 0.1) is 11.4 Å². The molecule has 5 rings (SSSR count). The lowest BCUT2D eigenvalue weighted by Crippen LogP contribution is -2.32. The first-order chi connectivity index (χ1) is 16.4. The van der Waals surface area contributed by atoms with E-state index in [0.29, 0.717) is 28.4 Å². The predicted octanol–water partition coefficient (Wildman–Crippen LogP) is 5.50. The quantitative estimate of drug-likeness (QED) is 0.429. The lowest BCUT2D eigenvalue weighted by Gasteiger charge is -2.23. The Morgan fingerprint density at radius 2 is 1.79 bits per heavy atom. The molecule has 7 heteroatoms. The van der Waals surface area contributed by atoms with Crippen LogP contribution in [0.5, 0.6) is 0 Å². The average Bonchev–Trinajstić information content (AvgIpc) is 3.13. The molecule has 0 unspecified atom stereocenters. The van der Waals surface area contributed by atoms with Crippen LogP contribution in [0.15, 0.2) is 72.9 Å². The van der Waals surface area contributed by atoms with Crippen LogP contribution in [-0.4, -0.2) is 28.1 Å². The smallest absolute Gasteiger partial charge is 0.258 e. The molecule has 2 amide bonds. The number of anilines is 2. The number of para-hydroxylation sites is 1. The Kier molecular flexibility index (Phi) is 5.67. The highest BCUT2D eigenvalue weighted by molar-refractivity contribution is 6.30. The van der Waals surface area contributed by atoms with Crippen LogP contribution in [0.4, 0.5) is 11.4 Å². The van der Waals surface area contributed by atoms with E-state index in [9.17, 15) is 9.59 Å². The van der Waals surface area contributed by atoms with Crippen LogP contribution < -0.4 is 10.2 Å². The number of aromatic nitrogens is 2. The Morgan fingerprint density at radius 1 is 1.03 bits per heavy atom. The van der Waals surface area contributed by atoms with Crippen molar-refractivity contribution in [1.29, 1.82) is 0 Å². The summed E-state index contributed by atoms with van der Waals surface area (Å²) in [6.07, 6.45) is 2.73. The van der Waals surface area contributed by atoms with Crippen molar-refractivity contribution >= 4 is 34.8 Å². The lowest BCUT2D eigenvalue weighted by molar-refractivity contribution is 0.0986. The minimum Gasteiger partial charge on any atom is -0.322 e. The van der Waals surface area contributed by atoms with Gasteiger partial charge in [-0.2, -0.15) is 5.10 Å². The normalized spacial score (nSPS) is 12.5. The highest BCUT2D eigenvalue weighted by atomic mass is 35.5. The fourth-order valence-electron chi connectivity index (χ4n) is 4.35. The number of nitrogens with one attached hydrogen (secondary N) is 1. The van der Waals surface area contributed by atoms with E-state index in [1.54, 1.807) is 42.5 Å². The summed E-state index contributed by atoms with van der Waals surface area (Å²) in [7, 11) is 1.91. The Bertz CT molecular complexity index is 1410. The standard InChI is InChI=1S/C27H23ClN4O2/c1-17-15-20(28)9-12-22(17)26(33)29-21-10-7-18(8-11-21)27(34)32-14-13-19-16-31(2)30-25(19)23-5-3-4-6-24(23)32/h3-12,15-16H,13-14H2,1-2H3,(H,29,33). The number of rotatable bonds is 3. The van der Waals surface area contributed by atoms with Crippen LogP contribution >= 0.6 is 11.6 Å². The van der Waals surface area contributed by atoms with Gasteiger partial charge in [0.2, 0.25) is 0 Å². The molecule has 6 nitrogen and oxygen atoms in total. The molecule has 2 heterocycles. The van der Waals surface area contributed by atoms with Crippen molar-refractivity contribution in [2.45, 2.75) is 13.3 Å². The van der Waals surface area contributed by atoms with Gasteiger partial charge in [-0.05, 0) is 73.0 Å². The molecule has 0 saturated heterocycles. The summed E-state index contributed by atoms with van der Waals surface area (Å²) in [6, 6.07) is 20.0. The van der Waals surface area contributed by atoms with E-state index >= 15 is 0 Å². The number of hydrogen-bond donors (Lipinski definition) is 1. The SMILES string of the molecule is Cc1cc(Cl)ccc1C(=O)Nc1ccc(C(=O)N2CCc3cn(C)nc3-c3ccccc32)cc1. The highest BCUT2D eigenvalue weighted by Crippen LogP contribution is 2.36. The van der Waals surface area contributed by atoms with Crippen molar-refractivity contribution in [3.05, 3.63) is 100 Å². The molecule has 3 aromatic carbocycles. The van der Waals surface area contributed by atoms with Crippen LogP contribution in [-0.2, 0) is 13.5 Å². The molecule has 1 aliphatic heterocycles. The van der Waals surface area contributed by atoms with Crippen LogP contribution in [0.25, 0.3) is 11.3 Å². The third-order valence-electron chi connectivity index (χ3n) is 6.03. The van der Waals surface area contributed by atoms with Gasteiger partial charge in [-0.1, -0.05) is 29.8 Å². The zero-order valence-electron chi connectivity index (χ0n) is 18.9. The van der Waals surface area contributed by atoms with Crippen LogP contribution in [0, 0.1) is 6.92 Å². The fraction of sp³-hybridized carbons (Fsp3) is 0.148. The average molecular weight is 471 g/mol. The van der Waals surface area contributed by atoms with Gasteiger partial charge in [0.25, 0.3) is 11.8 Å². The molecule has 0 atom stereocenters. The number of aryl methyl sites for hydroxylation is 2. The van der Waals surface area contributed by atoms with E-state index in [2.05, 4.69) is 10.4 Å². The Hall–Kier alpha value is -3.90. The van der Waals surface area contributed by atoms with E-state index in [-0.39, 0.29) is 11.8 Å². The van der Waals surface area contributed by atoms with Crippen molar-refractivity contribution in [2.75, 3.05) is 16.8 Å². The van der Waals surface area contributed by atoms with E-state index < -0.39 is 0 Å². The minimum absolute atomic E-state index is 0.0894. The van der Waals surface area contributed by atoms with Gasteiger partial charge in [0.1, 0.15) is 0 Å². The number of carbonyl (C=O) groups excluding carboxylic acids is 2. The van der Waals surface area contributed by atoms with Gasteiger partial charge in [0, 0.05) is 47.2 Å². The van der Waals surface area contributed by atoms with Gasteiger partial charge in [-0.15, -0.1) is 0 Å². The summed E-state index contributed by atoms with van der Waals surface area (Å²) in [5.41, 5.74) is 6.36. The minimum atomic E-state index is -0.222. The molecule has 0 aliphatic carbocycles. The maximum atomic E-state index is 13.5. The number of halogens is 1. The van der Waals surface area contributed by atoms with E-state index in [0.717, 1.165) is 34.5 Å². The molecule has 0 spiro atoms. The van der Waals surface area contributed by atoms with Crippen molar-refractivity contribution in [1.82, 2.24) is 9.78 Å². The number of hydrogen-bond acceptors (Lipinski definition) is 3. The monoisotopic (exact) mass is 470 g/mol. The number of fused-ring (bicyclic) bond motifs is 3. The van der Waals surface area contributed by atoms with Crippen LogP contribution in [0.1, 0.15) is 31.8 Å². The van der Waals surface area contributed by atoms with E-state index in [1.807, 2.05) is 54.0 Å². The second-order valence-corrected chi connectivity index (χ2v) is 8.83. The number of nitrogens with zero attached hydrogens (tertiary/aromatic N) is 3. The largest absolute Gasteiger partial charge is 0.322 e. The Balaban J connectivity index is 1.37. The lowest BCUT2D eigenvalue weighted by atomic mass is 10.1. The van der Waals surface area contributed by atoms with Gasteiger partial charge in [-0.3, -0.25) is 14.3 Å². The first kappa shape index (κ1) is 21.9. The topological polar surface area (TPSA) is 67.2 Å². The second-order valence-electron chi connectivity index (χ2n) is 8.39. The molecule has 0 bridgehead atoms. The van der Waals surface area contributed by atoms with E-state index in [1.165, 1.54) is 0 Å². The van der Waals surface area contributed by atoms with Gasteiger partial charge in [0.15, 0.2) is 0 Å². The summed E-state index contributed by atoms with van der Waals surface area (Å²) in [4.78, 5) is 28.0. The third kappa shape index (κ3) is 4.08. The van der Waals surface area contributed by atoms with Crippen molar-refractivity contribution in [3.8, 4) is 11.3 Å². The summed E-state index contributed by atoms with van der Waals surface area (Å²) < 4.78 is 1.82. The molecule has 170 valence electrons. The maximum Gasteiger partial charge on any atom is 0.258 e. The first-order valence-corrected chi connectivity index (χ1v) is 11.4. The van der Waals surface area contributed by atoms with E-state index in [4.69, 9.17) is 11.6 Å². The number of amides is 2. The summed E-state index contributed by atoms with van der Waals surface area (Å²) in [5.74, 6) is -0.311. The molecule has 0 fully saturated rings. The van der Waals surface area contributed by atoms with Crippen molar-refractivity contribution < 1.29 is 9.59 Å². The second kappa shape index (κ2) is 8.80. The molecule has 34 heavy (non-hydrogen) atoms. The van der Waals surface area contributed by atoms with Crippen LogP contribution in [0.3, 0.4) is 0 Å². The summed E-state index contributed by atoms with van der Waals surface area (Å²) >= 11 is 5.99. The van der Waals surface area contributed by atoms with Crippen molar-refractivity contribution in [3.63, 3.8) is 0 Å². The van der Waals surface area contributed by atoms with Gasteiger partial charge >= 0.3 is 0 Å². The predicted molar refractivity (Wildman–Crippen MR) is 135 cm³/mol. The fourth-order valence-corrected chi connectivity index (χ4v) is 4.58. The van der Waals surface area contributed by atoms with Gasteiger partial charge in [-0.25, -0.2) is 0 Å². The zero-order valence-corrected chi connectivity index (χ0v) is 19.6. The zero-order chi connectivity index (χ0) is 23.8. The molecule has 1 aromatic heterocycles. The molecule has 0 radical (unpaired) electrons.